The number of hydrogen-bond donors (Lipinski definition) is 2. The predicted molar refractivity (Wildman–Crippen MR) is 87.0 cm³/mol. The molecule has 7 heteroatoms. The molecule has 0 saturated carbocycles. The van der Waals surface area contributed by atoms with Gasteiger partial charge in [-0.25, -0.2) is 13.1 Å². The molecule has 2 aromatic rings. The van der Waals surface area contributed by atoms with E-state index < -0.39 is 10.0 Å². The summed E-state index contributed by atoms with van der Waals surface area (Å²) in [5.74, 6) is 0.678. The van der Waals surface area contributed by atoms with E-state index in [-0.39, 0.29) is 11.7 Å². The molecule has 0 saturated heterocycles. The van der Waals surface area contributed by atoms with Crippen molar-refractivity contribution in [1.29, 1.82) is 0 Å². The zero-order chi connectivity index (χ0) is 16.7. The highest BCUT2D eigenvalue weighted by Crippen LogP contribution is 2.08. The highest BCUT2D eigenvalue weighted by Gasteiger charge is 2.08. The Labute approximate surface area is 135 Å². The maximum Gasteiger partial charge on any atom is 0.220 e. The van der Waals surface area contributed by atoms with E-state index in [1.54, 1.807) is 24.5 Å². The molecule has 0 bridgehead atoms. The number of rotatable bonds is 8. The van der Waals surface area contributed by atoms with Gasteiger partial charge in [0.05, 0.1) is 12.0 Å². The zero-order valence-corrected chi connectivity index (χ0v) is 13.7. The fourth-order valence-corrected chi connectivity index (χ4v) is 2.80. The fraction of sp³-hybridized carbons (Fsp3) is 0.312. The van der Waals surface area contributed by atoms with E-state index in [1.807, 2.05) is 18.2 Å². The van der Waals surface area contributed by atoms with Gasteiger partial charge in [-0.2, -0.15) is 0 Å². The first-order valence-electron chi connectivity index (χ1n) is 7.26. The molecule has 0 spiro atoms. The Morgan fingerprint density at radius 1 is 1.13 bits per heavy atom. The smallest absolute Gasteiger partial charge is 0.220 e. The molecule has 1 amide bonds. The zero-order valence-electron chi connectivity index (χ0n) is 12.9. The molecule has 23 heavy (non-hydrogen) atoms. The first-order chi connectivity index (χ1) is 11.0. The van der Waals surface area contributed by atoms with E-state index in [1.165, 1.54) is 7.05 Å². The molecule has 0 aliphatic heterocycles. The van der Waals surface area contributed by atoms with Crippen LogP contribution in [0.1, 0.15) is 23.3 Å². The number of nitrogens with one attached hydrogen (secondary N) is 2. The van der Waals surface area contributed by atoms with Gasteiger partial charge in [-0.05, 0) is 30.3 Å². The number of amides is 1. The van der Waals surface area contributed by atoms with E-state index in [0.29, 0.717) is 24.9 Å². The molecular weight excluding hydrogens is 316 g/mol. The van der Waals surface area contributed by atoms with Crippen LogP contribution in [-0.4, -0.2) is 21.4 Å². The van der Waals surface area contributed by atoms with Crippen LogP contribution < -0.4 is 10.0 Å². The lowest BCUT2D eigenvalue weighted by molar-refractivity contribution is -0.121. The molecule has 0 aliphatic carbocycles. The van der Waals surface area contributed by atoms with Gasteiger partial charge in [0.25, 0.3) is 0 Å². The number of furan rings is 1. The Balaban J connectivity index is 1.78. The first-order valence-corrected chi connectivity index (χ1v) is 8.92. The van der Waals surface area contributed by atoms with Crippen molar-refractivity contribution in [3.8, 4) is 0 Å². The summed E-state index contributed by atoms with van der Waals surface area (Å²) >= 11 is 0. The van der Waals surface area contributed by atoms with Gasteiger partial charge in [0.15, 0.2) is 0 Å². The topological polar surface area (TPSA) is 88.4 Å². The van der Waals surface area contributed by atoms with Crippen LogP contribution in [0.3, 0.4) is 0 Å². The van der Waals surface area contributed by atoms with E-state index in [0.717, 1.165) is 11.3 Å². The molecule has 124 valence electrons. The van der Waals surface area contributed by atoms with Crippen molar-refractivity contribution in [2.45, 2.75) is 25.1 Å². The third-order valence-electron chi connectivity index (χ3n) is 3.36. The molecule has 0 radical (unpaired) electrons. The molecule has 0 atom stereocenters. The van der Waals surface area contributed by atoms with Crippen LogP contribution in [-0.2, 0) is 33.5 Å². The Bertz CT molecular complexity index is 722. The van der Waals surface area contributed by atoms with Crippen molar-refractivity contribution in [2.24, 2.45) is 0 Å². The van der Waals surface area contributed by atoms with Crippen LogP contribution in [0.4, 0.5) is 0 Å². The Hall–Kier alpha value is -2.12. The van der Waals surface area contributed by atoms with Gasteiger partial charge >= 0.3 is 0 Å². The molecule has 0 aliphatic rings. The molecule has 2 rings (SSSR count). The van der Waals surface area contributed by atoms with E-state index >= 15 is 0 Å². The van der Waals surface area contributed by atoms with Crippen molar-refractivity contribution in [3.05, 3.63) is 59.5 Å². The van der Waals surface area contributed by atoms with Crippen LogP contribution in [0, 0.1) is 0 Å². The maximum atomic E-state index is 11.8. The predicted octanol–water partition coefficient (Wildman–Crippen LogP) is 1.58. The molecule has 1 aromatic heterocycles. The van der Waals surface area contributed by atoms with Crippen LogP contribution in [0.15, 0.2) is 47.1 Å². The van der Waals surface area contributed by atoms with Gasteiger partial charge in [0.2, 0.25) is 15.9 Å². The van der Waals surface area contributed by atoms with Crippen molar-refractivity contribution in [2.75, 3.05) is 7.05 Å². The molecule has 2 N–H and O–H groups in total. The lowest BCUT2D eigenvalue weighted by Gasteiger charge is -2.07. The third-order valence-corrected chi connectivity index (χ3v) is 4.69. The van der Waals surface area contributed by atoms with Crippen LogP contribution in [0.25, 0.3) is 0 Å². The normalized spacial score (nSPS) is 11.3. The van der Waals surface area contributed by atoms with Crippen molar-refractivity contribution in [3.63, 3.8) is 0 Å². The molecule has 0 unspecified atom stereocenters. The fourth-order valence-electron chi connectivity index (χ4n) is 2.03. The summed E-state index contributed by atoms with van der Waals surface area (Å²) in [6.45, 7) is 0.413. The number of sulfonamides is 1. The first kappa shape index (κ1) is 17.2. The Morgan fingerprint density at radius 3 is 2.43 bits per heavy atom. The minimum Gasteiger partial charge on any atom is -0.469 e. The standard InChI is InChI=1S/C16H20N2O4S/c1-17-23(20,21)12-14-6-4-13(5-7-14)11-18-16(19)9-8-15-3-2-10-22-15/h2-7,10,17H,8-9,11-12H2,1H3,(H,18,19). The lowest BCUT2D eigenvalue weighted by atomic mass is 10.1. The van der Waals surface area contributed by atoms with Crippen molar-refractivity contribution in [1.82, 2.24) is 10.0 Å². The van der Waals surface area contributed by atoms with Gasteiger partial charge in [0.1, 0.15) is 5.76 Å². The largest absolute Gasteiger partial charge is 0.469 e. The SMILES string of the molecule is CNS(=O)(=O)Cc1ccc(CNC(=O)CCc2ccco2)cc1. The molecule has 1 aromatic carbocycles. The summed E-state index contributed by atoms with van der Waals surface area (Å²) in [7, 11) is -1.88. The second-order valence-corrected chi connectivity index (χ2v) is 7.06. The number of hydrogen-bond acceptors (Lipinski definition) is 4. The number of benzene rings is 1. The second kappa shape index (κ2) is 7.94. The molecular formula is C16H20N2O4S. The summed E-state index contributed by atoms with van der Waals surface area (Å²) in [6, 6.07) is 10.8. The van der Waals surface area contributed by atoms with Gasteiger partial charge in [0, 0.05) is 19.4 Å². The summed E-state index contributed by atoms with van der Waals surface area (Å²) < 4.78 is 30.4. The van der Waals surface area contributed by atoms with Crippen molar-refractivity contribution >= 4 is 15.9 Å². The molecule has 1 heterocycles. The highest BCUT2D eigenvalue weighted by molar-refractivity contribution is 7.88. The van der Waals surface area contributed by atoms with Gasteiger partial charge in [-0.15, -0.1) is 0 Å². The quantitative estimate of drug-likeness (QED) is 0.766. The van der Waals surface area contributed by atoms with Crippen LogP contribution >= 0.6 is 0 Å². The van der Waals surface area contributed by atoms with Crippen LogP contribution in [0.5, 0.6) is 0 Å². The average molecular weight is 336 g/mol. The van der Waals surface area contributed by atoms with Crippen LogP contribution in [0.2, 0.25) is 0 Å². The average Bonchev–Trinajstić information content (AvgIpc) is 3.05. The van der Waals surface area contributed by atoms with E-state index in [4.69, 9.17) is 4.42 Å². The van der Waals surface area contributed by atoms with Gasteiger partial charge < -0.3 is 9.73 Å². The van der Waals surface area contributed by atoms with E-state index in [9.17, 15) is 13.2 Å². The van der Waals surface area contributed by atoms with Gasteiger partial charge in [-0.1, -0.05) is 24.3 Å². The minimum absolute atomic E-state index is 0.0526. The summed E-state index contributed by atoms with van der Waals surface area (Å²) in [5.41, 5.74) is 1.62. The summed E-state index contributed by atoms with van der Waals surface area (Å²) in [4.78, 5) is 11.8. The van der Waals surface area contributed by atoms with Crippen molar-refractivity contribution < 1.29 is 17.6 Å². The highest BCUT2D eigenvalue weighted by atomic mass is 32.2. The molecule has 0 fully saturated rings. The Kier molecular flexibility index (Phi) is 5.95. The third kappa shape index (κ3) is 5.88. The summed E-state index contributed by atoms with van der Waals surface area (Å²) in [5, 5.41) is 2.83. The summed E-state index contributed by atoms with van der Waals surface area (Å²) in [6.07, 6.45) is 2.52. The minimum atomic E-state index is -3.27. The second-order valence-electron chi connectivity index (χ2n) is 5.14. The number of carbonyl (C=O) groups excluding carboxylic acids is 1. The lowest BCUT2D eigenvalue weighted by Crippen LogP contribution is -2.23. The molecule has 6 nitrogen and oxygen atoms in total. The monoisotopic (exact) mass is 336 g/mol. The maximum absolute atomic E-state index is 11.8. The van der Waals surface area contributed by atoms with Gasteiger partial charge in [-0.3, -0.25) is 4.79 Å². The van der Waals surface area contributed by atoms with E-state index in [2.05, 4.69) is 10.0 Å². The number of aryl methyl sites for hydroxylation is 1. The Morgan fingerprint density at radius 2 is 1.83 bits per heavy atom. The number of carbonyl (C=O) groups is 1.